The molecule has 0 radical (unpaired) electrons. The van der Waals surface area contributed by atoms with E-state index in [1.54, 1.807) is 6.07 Å². The zero-order valence-electron chi connectivity index (χ0n) is 14.4. The van der Waals surface area contributed by atoms with Crippen molar-refractivity contribution >= 4 is 22.4 Å². The molecule has 5 nitrogen and oxygen atoms in total. The standard InChI is InChI=1S/C20H17F2NO4/c1-25-17-9-7-15(11-18(17)27-20(21)22)23-19(24)12-26-16-8-6-13-4-2-3-5-14(13)10-16/h2-11,20H,12H2,1H3,(H,23,24). The van der Waals surface area contributed by atoms with Crippen molar-refractivity contribution in [1.82, 2.24) is 0 Å². The van der Waals surface area contributed by atoms with Gasteiger partial charge >= 0.3 is 6.61 Å². The van der Waals surface area contributed by atoms with Crippen molar-refractivity contribution in [1.29, 1.82) is 0 Å². The Labute approximate surface area is 154 Å². The Hall–Kier alpha value is -3.35. The summed E-state index contributed by atoms with van der Waals surface area (Å²) >= 11 is 0. The van der Waals surface area contributed by atoms with Crippen LogP contribution in [0.25, 0.3) is 10.8 Å². The molecule has 1 amide bonds. The molecular weight excluding hydrogens is 356 g/mol. The van der Waals surface area contributed by atoms with Gasteiger partial charge in [-0.25, -0.2) is 0 Å². The summed E-state index contributed by atoms with van der Waals surface area (Å²) in [7, 11) is 1.34. The SMILES string of the molecule is COc1ccc(NC(=O)COc2ccc3ccccc3c2)cc1OC(F)F. The monoisotopic (exact) mass is 373 g/mol. The van der Waals surface area contributed by atoms with Gasteiger partial charge in [-0.05, 0) is 35.0 Å². The molecule has 0 spiro atoms. The summed E-state index contributed by atoms with van der Waals surface area (Å²) in [5, 5.41) is 4.64. The van der Waals surface area contributed by atoms with E-state index >= 15 is 0 Å². The number of alkyl halides is 2. The van der Waals surface area contributed by atoms with Crippen LogP contribution in [-0.4, -0.2) is 26.2 Å². The van der Waals surface area contributed by atoms with Crippen LogP contribution in [0, 0.1) is 0 Å². The van der Waals surface area contributed by atoms with Gasteiger partial charge in [0.2, 0.25) is 0 Å². The highest BCUT2D eigenvalue weighted by Crippen LogP contribution is 2.31. The first-order valence-electron chi connectivity index (χ1n) is 8.09. The number of carbonyl (C=O) groups excluding carboxylic acids is 1. The third kappa shape index (κ3) is 4.84. The second kappa shape index (κ2) is 8.35. The first kappa shape index (κ1) is 18.4. The normalized spacial score (nSPS) is 10.7. The molecule has 0 aliphatic carbocycles. The molecule has 0 aliphatic heterocycles. The van der Waals surface area contributed by atoms with E-state index in [0.29, 0.717) is 11.4 Å². The van der Waals surface area contributed by atoms with Crippen LogP contribution >= 0.6 is 0 Å². The molecule has 0 aromatic heterocycles. The predicted molar refractivity (Wildman–Crippen MR) is 97.7 cm³/mol. The Morgan fingerprint density at radius 2 is 1.78 bits per heavy atom. The Morgan fingerprint density at radius 3 is 2.52 bits per heavy atom. The summed E-state index contributed by atoms with van der Waals surface area (Å²) in [6, 6.07) is 17.5. The van der Waals surface area contributed by atoms with Gasteiger partial charge in [0.25, 0.3) is 5.91 Å². The molecule has 27 heavy (non-hydrogen) atoms. The number of methoxy groups -OCH3 is 1. The van der Waals surface area contributed by atoms with E-state index in [1.165, 1.54) is 25.3 Å². The maximum Gasteiger partial charge on any atom is 0.387 e. The van der Waals surface area contributed by atoms with Gasteiger partial charge in [0.05, 0.1) is 7.11 Å². The van der Waals surface area contributed by atoms with E-state index in [0.717, 1.165) is 10.8 Å². The quantitative estimate of drug-likeness (QED) is 0.664. The lowest BCUT2D eigenvalue weighted by molar-refractivity contribution is -0.118. The highest BCUT2D eigenvalue weighted by Gasteiger charge is 2.13. The molecule has 3 rings (SSSR count). The third-order valence-electron chi connectivity index (χ3n) is 3.75. The Morgan fingerprint density at radius 1 is 1.00 bits per heavy atom. The minimum atomic E-state index is -3.00. The fraction of sp³-hybridized carbons (Fsp3) is 0.150. The first-order chi connectivity index (χ1) is 13.0. The number of benzene rings is 3. The van der Waals surface area contributed by atoms with Crippen LogP contribution < -0.4 is 19.5 Å². The molecule has 7 heteroatoms. The fourth-order valence-electron chi connectivity index (χ4n) is 2.55. The van der Waals surface area contributed by atoms with Gasteiger partial charge in [0.15, 0.2) is 18.1 Å². The molecule has 3 aromatic carbocycles. The molecule has 0 heterocycles. The highest BCUT2D eigenvalue weighted by atomic mass is 19.3. The van der Waals surface area contributed by atoms with Gasteiger partial charge in [-0.1, -0.05) is 30.3 Å². The van der Waals surface area contributed by atoms with Gasteiger partial charge in [-0.3, -0.25) is 4.79 Å². The maximum atomic E-state index is 12.5. The number of anilines is 1. The molecule has 0 bridgehead atoms. The number of hydrogen-bond donors (Lipinski definition) is 1. The second-order valence-electron chi connectivity index (χ2n) is 5.59. The maximum absolute atomic E-state index is 12.5. The van der Waals surface area contributed by atoms with E-state index in [2.05, 4.69) is 10.1 Å². The smallest absolute Gasteiger partial charge is 0.387 e. The van der Waals surface area contributed by atoms with E-state index in [1.807, 2.05) is 36.4 Å². The summed E-state index contributed by atoms with van der Waals surface area (Å²) in [6.45, 7) is -3.23. The number of ether oxygens (including phenoxy) is 3. The molecule has 3 aromatic rings. The van der Waals surface area contributed by atoms with Gasteiger partial charge in [-0.15, -0.1) is 0 Å². The third-order valence-corrected chi connectivity index (χ3v) is 3.75. The molecule has 140 valence electrons. The molecule has 0 atom stereocenters. The lowest BCUT2D eigenvalue weighted by atomic mass is 10.1. The predicted octanol–water partition coefficient (Wildman–Crippen LogP) is 4.47. The topological polar surface area (TPSA) is 56.8 Å². The Balaban J connectivity index is 1.63. The summed E-state index contributed by atoms with van der Waals surface area (Å²) in [5.74, 6) is 0.0955. The van der Waals surface area contributed by atoms with Crippen LogP contribution in [0.4, 0.5) is 14.5 Å². The summed E-state index contributed by atoms with van der Waals surface area (Å²) in [4.78, 5) is 12.1. The van der Waals surface area contributed by atoms with E-state index < -0.39 is 12.5 Å². The van der Waals surface area contributed by atoms with Crippen molar-refractivity contribution < 1.29 is 27.8 Å². The minimum Gasteiger partial charge on any atom is -0.493 e. The van der Waals surface area contributed by atoms with E-state index in [9.17, 15) is 13.6 Å². The Kier molecular flexibility index (Phi) is 5.71. The molecule has 0 fully saturated rings. The number of halogens is 2. The Bertz CT molecular complexity index is 946. The van der Waals surface area contributed by atoms with Crippen LogP contribution in [0.3, 0.4) is 0 Å². The lowest BCUT2D eigenvalue weighted by Crippen LogP contribution is -2.20. The molecule has 0 saturated heterocycles. The number of rotatable bonds is 7. The van der Waals surface area contributed by atoms with Gasteiger partial charge in [0, 0.05) is 11.8 Å². The van der Waals surface area contributed by atoms with Crippen LogP contribution in [0.2, 0.25) is 0 Å². The number of fused-ring (bicyclic) bond motifs is 1. The first-order valence-corrected chi connectivity index (χ1v) is 8.09. The molecule has 0 unspecified atom stereocenters. The second-order valence-corrected chi connectivity index (χ2v) is 5.59. The average molecular weight is 373 g/mol. The average Bonchev–Trinajstić information content (AvgIpc) is 2.66. The van der Waals surface area contributed by atoms with Crippen LogP contribution in [-0.2, 0) is 4.79 Å². The van der Waals surface area contributed by atoms with Crippen molar-refractivity contribution in [2.45, 2.75) is 6.61 Å². The molecule has 0 saturated carbocycles. The summed E-state index contributed by atoms with van der Waals surface area (Å²) in [5.41, 5.74) is 0.290. The van der Waals surface area contributed by atoms with E-state index in [4.69, 9.17) is 9.47 Å². The number of carbonyl (C=O) groups is 1. The number of amides is 1. The van der Waals surface area contributed by atoms with Crippen LogP contribution in [0.5, 0.6) is 17.2 Å². The van der Waals surface area contributed by atoms with Crippen LogP contribution in [0.15, 0.2) is 60.7 Å². The summed E-state index contributed by atoms with van der Waals surface area (Å²) in [6.07, 6.45) is 0. The molecule has 1 N–H and O–H groups in total. The zero-order valence-corrected chi connectivity index (χ0v) is 14.4. The van der Waals surface area contributed by atoms with Crippen molar-refractivity contribution in [3.05, 3.63) is 60.7 Å². The number of nitrogens with one attached hydrogen (secondary N) is 1. The van der Waals surface area contributed by atoms with Crippen molar-refractivity contribution in [2.24, 2.45) is 0 Å². The van der Waals surface area contributed by atoms with Gasteiger partial charge < -0.3 is 19.5 Å². The van der Waals surface area contributed by atoms with Gasteiger partial charge in [-0.2, -0.15) is 8.78 Å². The molecule has 0 aliphatic rings. The van der Waals surface area contributed by atoms with Crippen molar-refractivity contribution in [3.8, 4) is 17.2 Å². The van der Waals surface area contributed by atoms with Crippen molar-refractivity contribution in [3.63, 3.8) is 0 Å². The largest absolute Gasteiger partial charge is 0.493 e. The summed E-state index contributed by atoms with van der Waals surface area (Å²) < 4.78 is 39.8. The number of hydrogen-bond acceptors (Lipinski definition) is 4. The van der Waals surface area contributed by atoms with E-state index in [-0.39, 0.29) is 18.1 Å². The van der Waals surface area contributed by atoms with Gasteiger partial charge in [0.1, 0.15) is 5.75 Å². The fourth-order valence-corrected chi connectivity index (χ4v) is 2.55. The minimum absolute atomic E-state index is 0.140. The highest BCUT2D eigenvalue weighted by molar-refractivity contribution is 5.92. The lowest BCUT2D eigenvalue weighted by Gasteiger charge is -2.12. The molecular formula is C20H17F2NO4. The zero-order chi connectivity index (χ0) is 19.2. The van der Waals surface area contributed by atoms with Crippen molar-refractivity contribution in [2.75, 3.05) is 19.0 Å². The van der Waals surface area contributed by atoms with Crippen LogP contribution in [0.1, 0.15) is 0 Å².